The summed E-state index contributed by atoms with van der Waals surface area (Å²) in [5, 5.41) is 7.03. The van der Waals surface area contributed by atoms with Crippen LogP contribution < -0.4 is 25.8 Å². The van der Waals surface area contributed by atoms with Gasteiger partial charge < -0.3 is 25.2 Å². The zero-order chi connectivity index (χ0) is 34.9. The maximum atomic E-state index is 13.5. The Morgan fingerprint density at radius 1 is 0.961 bits per heavy atom. The summed E-state index contributed by atoms with van der Waals surface area (Å²) in [5.74, 6) is 3.91. The molecule has 1 saturated heterocycles. The molecule has 0 radical (unpaired) electrons. The van der Waals surface area contributed by atoms with Gasteiger partial charge in [-0.25, -0.2) is 4.98 Å². The van der Waals surface area contributed by atoms with Crippen LogP contribution in [-0.4, -0.2) is 64.5 Å². The smallest absolute Gasteiger partial charge is 0.257 e. The highest BCUT2D eigenvalue weighted by Gasteiger charge is 2.58. The van der Waals surface area contributed by atoms with Crippen molar-refractivity contribution in [2.75, 3.05) is 48.8 Å². The number of nitrogens with one attached hydrogen (secondary N) is 2. The minimum absolute atomic E-state index is 0.00608. The van der Waals surface area contributed by atoms with Gasteiger partial charge in [0, 0.05) is 73.6 Å². The molecule has 11 heteroatoms. The monoisotopic (exact) mass is 687 g/mol. The summed E-state index contributed by atoms with van der Waals surface area (Å²) in [7, 11) is 1.64. The van der Waals surface area contributed by atoms with E-state index in [0.717, 1.165) is 79.8 Å². The number of hydrogen-bond donors (Lipinski definition) is 2. The van der Waals surface area contributed by atoms with Crippen LogP contribution in [-0.2, 0) is 9.59 Å². The number of aryl methyl sites for hydroxylation is 1. The number of carbonyl (C=O) groups is 2. The molecule has 4 bridgehead atoms. The van der Waals surface area contributed by atoms with Crippen LogP contribution in [0.4, 0.5) is 23.0 Å². The third-order valence-corrected chi connectivity index (χ3v) is 12.4. The van der Waals surface area contributed by atoms with E-state index in [0.29, 0.717) is 45.7 Å². The van der Waals surface area contributed by atoms with Crippen LogP contribution in [0.5, 0.6) is 5.75 Å². The Morgan fingerprint density at radius 2 is 1.75 bits per heavy atom. The number of nitrogens with zero attached hydrogens (tertiary/aromatic N) is 5. The lowest BCUT2D eigenvalue weighted by molar-refractivity contribution is -0.134. The van der Waals surface area contributed by atoms with E-state index in [1.807, 2.05) is 37.3 Å². The average molecular weight is 688 g/mol. The van der Waals surface area contributed by atoms with E-state index in [-0.39, 0.29) is 17.4 Å². The Balaban J connectivity index is 0.907. The van der Waals surface area contributed by atoms with Crippen molar-refractivity contribution in [2.45, 2.75) is 58.3 Å². The summed E-state index contributed by atoms with van der Waals surface area (Å²) in [6, 6.07) is 14.9. The molecule has 6 fully saturated rings. The zero-order valence-electron chi connectivity index (χ0n) is 29.4. The molecule has 4 aromatic rings. The molecule has 5 aliphatic carbocycles. The largest absolute Gasteiger partial charge is 0.494 e. The summed E-state index contributed by atoms with van der Waals surface area (Å²) in [6.07, 6.45) is 11.0. The van der Waals surface area contributed by atoms with Gasteiger partial charge in [-0.2, -0.15) is 4.98 Å². The first kappa shape index (κ1) is 32.0. The van der Waals surface area contributed by atoms with Crippen LogP contribution in [0.1, 0.15) is 56.9 Å². The highest BCUT2D eigenvalue weighted by atomic mass is 16.5. The van der Waals surface area contributed by atoms with E-state index < -0.39 is 0 Å². The van der Waals surface area contributed by atoms with Crippen molar-refractivity contribution in [2.24, 2.45) is 29.1 Å². The Morgan fingerprint density at radius 3 is 2.49 bits per heavy atom. The molecule has 3 heterocycles. The lowest BCUT2D eigenvalue weighted by Gasteiger charge is -2.39. The lowest BCUT2D eigenvalue weighted by atomic mass is 9.73. The number of anilines is 4. The Kier molecular flexibility index (Phi) is 7.77. The third kappa shape index (κ3) is 5.90. The van der Waals surface area contributed by atoms with Gasteiger partial charge in [0.2, 0.25) is 17.8 Å². The van der Waals surface area contributed by atoms with Crippen LogP contribution in [0, 0.1) is 36.0 Å². The molecule has 2 atom stereocenters. The molecular formula is C40H45N7O4. The van der Waals surface area contributed by atoms with Crippen LogP contribution in [0.25, 0.3) is 16.7 Å². The molecule has 1 aliphatic heterocycles. The SMILES string of the molecule is COc1cc(N2CCN(C(=O)CC34CC5CC(CC3C5)C4)CC2)ccc1Nc1ncc2c(C)cc(=O)n(-c3cccc(NC(=O)C4CC4)c3)c2n1. The van der Waals surface area contributed by atoms with Gasteiger partial charge in [0.1, 0.15) is 5.75 Å². The second-order valence-electron chi connectivity index (χ2n) is 15.7. The molecule has 2 N–H and O–H groups in total. The third-order valence-electron chi connectivity index (χ3n) is 12.4. The fourth-order valence-corrected chi connectivity index (χ4v) is 9.86. The summed E-state index contributed by atoms with van der Waals surface area (Å²) in [4.78, 5) is 53.1. The number of piperazine rings is 1. The van der Waals surface area contributed by atoms with Crippen molar-refractivity contribution in [1.82, 2.24) is 19.4 Å². The molecule has 2 aromatic carbocycles. The standard InChI is InChI=1S/C40H45N7O4/c1-24-14-35(48)47(31-5-3-4-29(18-31)42-38(50)27-6-7-27)37-32(24)23-41-39(44-37)43-33-9-8-30(19-34(33)51-2)45-10-12-46(13-11-45)36(49)22-40-20-25-15-26(21-40)17-28(40)16-25/h3-5,8-9,14,18-19,23,25-28H,6-7,10-13,15-17,20-22H2,1-2H3,(H,42,50)(H,41,43,44). The topological polar surface area (TPSA) is 122 Å². The van der Waals surface area contributed by atoms with E-state index in [9.17, 15) is 14.4 Å². The minimum atomic E-state index is -0.226. The van der Waals surface area contributed by atoms with Crippen LogP contribution in [0.2, 0.25) is 0 Å². The lowest BCUT2D eigenvalue weighted by Crippen LogP contribution is -2.49. The molecule has 10 rings (SSSR count). The van der Waals surface area contributed by atoms with Crippen molar-refractivity contribution in [3.63, 3.8) is 0 Å². The predicted octanol–water partition coefficient (Wildman–Crippen LogP) is 6.05. The Hall–Kier alpha value is -4.93. The molecule has 264 valence electrons. The first-order valence-electron chi connectivity index (χ1n) is 18.5. The number of fused-ring (bicyclic) bond motifs is 1. The average Bonchev–Trinajstić information content (AvgIpc) is 3.91. The Bertz CT molecular complexity index is 2090. The molecule has 51 heavy (non-hydrogen) atoms. The second kappa shape index (κ2) is 12.4. The molecule has 2 aromatic heterocycles. The first-order chi connectivity index (χ1) is 24.7. The summed E-state index contributed by atoms with van der Waals surface area (Å²) in [5.41, 5.74) is 4.27. The van der Waals surface area contributed by atoms with Gasteiger partial charge in [0.25, 0.3) is 5.56 Å². The van der Waals surface area contributed by atoms with Gasteiger partial charge in [-0.15, -0.1) is 0 Å². The van der Waals surface area contributed by atoms with Crippen LogP contribution in [0.15, 0.2) is 59.5 Å². The molecule has 0 spiro atoms. The van der Waals surface area contributed by atoms with Gasteiger partial charge in [-0.1, -0.05) is 6.07 Å². The zero-order valence-corrected chi connectivity index (χ0v) is 29.4. The highest BCUT2D eigenvalue weighted by molar-refractivity contribution is 5.94. The fraction of sp³-hybridized carbons (Fsp3) is 0.475. The van der Waals surface area contributed by atoms with Gasteiger partial charge in [0.15, 0.2) is 5.65 Å². The first-order valence-corrected chi connectivity index (χ1v) is 18.5. The van der Waals surface area contributed by atoms with Crippen molar-refractivity contribution >= 4 is 45.9 Å². The van der Waals surface area contributed by atoms with Crippen molar-refractivity contribution in [3.8, 4) is 11.4 Å². The highest BCUT2D eigenvalue weighted by Crippen LogP contribution is 2.66. The summed E-state index contributed by atoms with van der Waals surface area (Å²) in [6.45, 7) is 4.89. The number of aromatic nitrogens is 3. The van der Waals surface area contributed by atoms with E-state index >= 15 is 0 Å². The van der Waals surface area contributed by atoms with Crippen molar-refractivity contribution < 1.29 is 14.3 Å². The van der Waals surface area contributed by atoms with Gasteiger partial charge in [0.05, 0.1) is 18.5 Å². The number of methoxy groups -OCH3 is 1. The van der Waals surface area contributed by atoms with Gasteiger partial charge in [-0.05, 0) is 111 Å². The number of rotatable bonds is 9. The van der Waals surface area contributed by atoms with E-state index in [4.69, 9.17) is 9.72 Å². The van der Waals surface area contributed by atoms with Crippen LogP contribution >= 0.6 is 0 Å². The second-order valence-corrected chi connectivity index (χ2v) is 15.7. The number of carbonyl (C=O) groups excluding carboxylic acids is 2. The van der Waals surface area contributed by atoms with Crippen molar-refractivity contribution in [3.05, 3.63) is 70.6 Å². The maximum absolute atomic E-state index is 13.5. The molecule has 6 aliphatic rings. The number of ether oxygens (including phenoxy) is 1. The normalized spacial score (nSPS) is 25.0. The quantitative estimate of drug-likeness (QED) is 0.218. The van der Waals surface area contributed by atoms with E-state index in [1.165, 1.54) is 32.1 Å². The summed E-state index contributed by atoms with van der Waals surface area (Å²) < 4.78 is 7.37. The summed E-state index contributed by atoms with van der Waals surface area (Å²) >= 11 is 0. The Labute approximate surface area is 297 Å². The van der Waals surface area contributed by atoms with Crippen molar-refractivity contribution in [1.29, 1.82) is 0 Å². The van der Waals surface area contributed by atoms with Gasteiger partial charge in [-0.3, -0.25) is 19.0 Å². The molecule has 5 saturated carbocycles. The predicted molar refractivity (Wildman–Crippen MR) is 197 cm³/mol. The maximum Gasteiger partial charge on any atom is 0.257 e. The van der Waals surface area contributed by atoms with Gasteiger partial charge >= 0.3 is 0 Å². The number of benzene rings is 2. The molecular weight excluding hydrogens is 642 g/mol. The number of hydrogen-bond acceptors (Lipinski definition) is 8. The van der Waals surface area contributed by atoms with E-state index in [1.54, 1.807) is 30.0 Å². The van der Waals surface area contributed by atoms with Crippen LogP contribution in [0.3, 0.4) is 0 Å². The minimum Gasteiger partial charge on any atom is -0.494 e. The molecule has 11 nitrogen and oxygen atoms in total. The number of pyridine rings is 1. The van der Waals surface area contributed by atoms with E-state index in [2.05, 4.69) is 31.5 Å². The fourth-order valence-electron chi connectivity index (χ4n) is 9.86. The molecule has 2 amide bonds. The number of amides is 2. The molecule has 2 unspecified atom stereocenters.